The van der Waals surface area contributed by atoms with E-state index < -0.39 is 28.4 Å². The number of nitrogens with zero attached hydrogens (tertiary/aromatic N) is 1. The first-order valence-corrected chi connectivity index (χ1v) is 8.82. The summed E-state index contributed by atoms with van der Waals surface area (Å²) in [4.78, 5) is 0. The monoisotopic (exact) mass is 349 g/mol. The quantitative estimate of drug-likeness (QED) is 0.827. The highest BCUT2D eigenvalue weighted by Gasteiger charge is 2.50. The van der Waals surface area contributed by atoms with Crippen LogP contribution in [0.5, 0.6) is 0 Å². The highest BCUT2D eigenvalue weighted by Crippen LogP contribution is 2.45. The highest BCUT2D eigenvalue weighted by atomic mass is 35.5. The fraction of sp³-hybridized carbons (Fsp3) is 0.571. The summed E-state index contributed by atoms with van der Waals surface area (Å²) in [6.45, 7) is 3.78. The van der Waals surface area contributed by atoms with Gasteiger partial charge in [0, 0.05) is 17.6 Å². The van der Waals surface area contributed by atoms with Gasteiger partial charge in [-0.15, -0.1) is 0 Å². The maximum atomic E-state index is 11.5. The second kappa shape index (κ2) is 6.43. The van der Waals surface area contributed by atoms with E-state index in [1.165, 1.54) is 7.05 Å². The molecule has 124 valence electrons. The minimum atomic E-state index is -4.42. The van der Waals surface area contributed by atoms with Crippen LogP contribution in [0.3, 0.4) is 0 Å². The third-order valence-electron chi connectivity index (χ3n) is 3.95. The molecule has 6 nitrogen and oxygen atoms in total. The summed E-state index contributed by atoms with van der Waals surface area (Å²) in [5.41, 5.74) is 0.619. The van der Waals surface area contributed by atoms with Crippen LogP contribution in [0, 0.1) is 0 Å². The van der Waals surface area contributed by atoms with Crippen LogP contribution in [0.4, 0.5) is 0 Å². The van der Waals surface area contributed by atoms with E-state index >= 15 is 0 Å². The summed E-state index contributed by atoms with van der Waals surface area (Å²) in [6.07, 6.45) is -0.629. The van der Waals surface area contributed by atoms with Crippen molar-refractivity contribution in [3.05, 3.63) is 34.9 Å². The molecule has 0 spiro atoms. The van der Waals surface area contributed by atoms with E-state index in [4.69, 9.17) is 21.1 Å². The number of hydrogen-bond acceptors (Lipinski definition) is 4. The highest BCUT2D eigenvalue weighted by molar-refractivity contribution is 7.83. The molecule has 1 aliphatic rings. The summed E-state index contributed by atoms with van der Waals surface area (Å²) in [7, 11) is -3.18. The lowest BCUT2D eigenvalue weighted by Crippen LogP contribution is -2.41. The van der Waals surface area contributed by atoms with Crippen molar-refractivity contribution in [1.29, 1.82) is 0 Å². The molecule has 0 saturated carbocycles. The van der Waals surface area contributed by atoms with Crippen molar-refractivity contribution in [1.82, 2.24) is 4.31 Å². The summed E-state index contributed by atoms with van der Waals surface area (Å²) in [6, 6.07) is 7.01. The zero-order valence-corrected chi connectivity index (χ0v) is 14.3. The Morgan fingerprint density at radius 2 is 1.86 bits per heavy atom. The molecule has 8 heteroatoms. The van der Waals surface area contributed by atoms with Crippen LogP contribution in [0.2, 0.25) is 5.02 Å². The van der Waals surface area contributed by atoms with E-state index in [1.807, 2.05) is 13.8 Å². The molecule has 1 aromatic rings. The molecule has 1 heterocycles. The van der Waals surface area contributed by atoms with Gasteiger partial charge in [-0.25, -0.2) is 0 Å². The number of hydrogen-bond donors (Lipinski definition) is 1. The summed E-state index contributed by atoms with van der Waals surface area (Å²) in [5, 5.41) is 0.452. The van der Waals surface area contributed by atoms with Crippen molar-refractivity contribution in [3.8, 4) is 0 Å². The van der Waals surface area contributed by atoms with Gasteiger partial charge in [-0.3, -0.25) is 4.55 Å². The summed E-state index contributed by atoms with van der Waals surface area (Å²) >= 11 is 6.20. The lowest BCUT2D eigenvalue weighted by atomic mass is 10.1. The Kier molecular flexibility index (Phi) is 5.16. The van der Waals surface area contributed by atoms with Crippen LogP contribution in [-0.2, 0) is 19.8 Å². The molecule has 0 aliphatic carbocycles. The van der Waals surface area contributed by atoms with Gasteiger partial charge in [-0.05, 0) is 18.9 Å². The van der Waals surface area contributed by atoms with Gasteiger partial charge in [0.15, 0.2) is 12.0 Å². The van der Waals surface area contributed by atoms with E-state index in [1.54, 1.807) is 24.3 Å². The Hall–Kier alpha value is -0.700. The van der Waals surface area contributed by atoms with Crippen LogP contribution in [0.25, 0.3) is 0 Å². The fourth-order valence-corrected chi connectivity index (χ4v) is 3.16. The fourth-order valence-electron chi connectivity index (χ4n) is 2.50. The van der Waals surface area contributed by atoms with Crippen LogP contribution < -0.4 is 0 Å². The van der Waals surface area contributed by atoms with Crippen LogP contribution in [0.1, 0.15) is 38.4 Å². The van der Waals surface area contributed by atoms with Gasteiger partial charge in [-0.2, -0.15) is 12.7 Å². The van der Waals surface area contributed by atoms with Crippen molar-refractivity contribution in [2.75, 3.05) is 7.05 Å². The Bertz CT molecular complexity index is 632. The van der Waals surface area contributed by atoms with E-state index in [-0.39, 0.29) is 0 Å². The van der Waals surface area contributed by atoms with Gasteiger partial charge >= 0.3 is 10.3 Å². The van der Waals surface area contributed by atoms with Crippen LogP contribution >= 0.6 is 11.6 Å². The second-order valence-electron chi connectivity index (χ2n) is 5.18. The molecular weight excluding hydrogens is 330 g/mol. The van der Waals surface area contributed by atoms with E-state index in [2.05, 4.69) is 0 Å². The molecule has 1 N–H and O–H groups in total. The predicted molar refractivity (Wildman–Crippen MR) is 82.8 cm³/mol. The Balaban J connectivity index is 2.46. The first kappa shape index (κ1) is 17.7. The smallest absolute Gasteiger partial charge is 0.337 e. The Labute approximate surface area is 135 Å². The first-order chi connectivity index (χ1) is 10.2. The number of benzene rings is 1. The van der Waals surface area contributed by atoms with Crippen molar-refractivity contribution >= 4 is 21.9 Å². The van der Waals surface area contributed by atoms with E-state index in [9.17, 15) is 13.0 Å². The van der Waals surface area contributed by atoms with Crippen molar-refractivity contribution in [2.24, 2.45) is 0 Å². The normalized spacial score (nSPS) is 24.8. The molecule has 0 bridgehead atoms. The Morgan fingerprint density at radius 1 is 1.27 bits per heavy atom. The molecule has 2 rings (SSSR count). The largest absolute Gasteiger partial charge is 0.338 e. The average molecular weight is 350 g/mol. The minimum absolute atomic E-state index is 0.452. The lowest BCUT2D eigenvalue weighted by Gasteiger charge is -2.26. The van der Waals surface area contributed by atoms with Gasteiger partial charge in [0.25, 0.3) is 0 Å². The summed E-state index contributed by atoms with van der Waals surface area (Å²) < 4.78 is 44.9. The van der Waals surface area contributed by atoms with Crippen molar-refractivity contribution in [3.63, 3.8) is 0 Å². The third kappa shape index (κ3) is 3.29. The molecule has 1 saturated heterocycles. The molecule has 2 unspecified atom stereocenters. The van der Waals surface area contributed by atoms with Gasteiger partial charge in [0.05, 0.1) is 0 Å². The number of ether oxygens (including phenoxy) is 2. The molecule has 0 radical (unpaired) electrons. The SMILES string of the molecule is CCC1(CC)OC(c2ccccc2Cl)C(N(C)S(=O)(=O)O)O1. The molecule has 1 aliphatic heterocycles. The van der Waals surface area contributed by atoms with E-state index in [0.29, 0.717) is 23.4 Å². The maximum Gasteiger partial charge on any atom is 0.337 e. The molecule has 0 aromatic heterocycles. The van der Waals surface area contributed by atoms with Crippen molar-refractivity contribution < 1.29 is 22.4 Å². The van der Waals surface area contributed by atoms with Crippen LogP contribution in [0.15, 0.2) is 24.3 Å². The zero-order chi connectivity index (χ0) is 16.5. The lowest BCUT2D eigenvalue weighted by molar-refractivity contribution is -0.186. The van der Waals surface area contributed by atoms with Crippen molar-refractivity contribution in [2.45, 2.75) is 44.8 Å². The molecule has 0 amide bonds. The van der Waals surface area contributed by atoms with Gasteiger partial charge in [-0.1, -0.05) is 43.6 Å². The van der Waals surface area contributed by atoms with E-state index in [0.717, 1.165) is 4.31 Å². The molecule has 22 heavy (non-hydrogen) atoms. The molecule has 1 fully saturated rings. The van der Waals surface area contributed by atoms with Gasteiger partial charge < -0.3 is 9.47 Å². The van der Waals surface area contributed by atoms with Gasteiger partial charge in [0.2, 0.25) is 0 Å². The first-order valence-electron chi connectivity index (χ1n) is 7.04. The zero-order valence-electron chi connectivity index (χ0n) is 12.7. The Morgan fingerprint density at radius 3 is 2.36 bits per heavy atom. The average Bonchev–Trinajstić information content (AvgIpc) is 2.86. The molecular formula is C14H20ClNO5S. The molecule has 1 aromatic carbocycles. The third-order valence-corrected chi connectivity index (χ3v) is 5.23. The topological polar surface area (TPSA) is 76.1 Å². The standard InChI is InChI=1S/C14H20ClNO5S/c1-4-14(5-2)20-12(10-8-6-7-9-11(10)15)13(21-14)16(3)22(17,18)19/h6-9,12-13H,4-5H2,1-3H3,(H,17,18,19). The summed E-state index contributed by atoms with van der Waals surface area (Å²) in [5.74, 6) is -0.909. The van der Waals surface area contributed by atoms with Gasteiger partial charge in [0.1, 0.15) is 6.10 Å². The van der Waals surface area contributed by atoms with Crippen LogP contribution in [-0.4, -0.2) is 36.3 Å². The number of rotatable bonds is 5. The maximum absolute atomic E-state index is 11.5. The molecule has 2 atom stereocenters. The predicted octanol–water partition coefficient (Wildman–Crippen LogP) is 3.00. The minimum Gasteiger partial charge on any atom is -0.338 e. The number of likely N-dealkylation sites (N-methyl/N-ethyl adjacent to an activating group) is 1. The number of halogens is 1. The second-order valence-corrected chi connectivity index (χ2v) is 7.06.